The molecule has 3 unspecified atom stereocenters. The molecule has 2 rings (SSSR count). The van der Waals surface area contributed by atoms with Crippen LogP contribution in [0.25, 0.3) is 0 Å². The van der Waals surface area contributed by atoms with Crippen molar-refractivity contribution in [2.45, 2.75) is 57.8 Å². The lowest BCUT2D eigenvalue weighted by Crippen LogP contribution is -2.42. The van der Waals surface area contributed by atoms with Gasteiger partial charge in [0.1, 0.15) is 5.76 Å². The molecule has 3 nitrogen and oxygen atoms in total. The fraction of sp³-hybridized carbons (Fsp3) is 0.846. The maximum Gasteiger partial charge on any atom is 0.112 e. The summed E-state index contributed by atoms with van der Waals surface area (Å²) in [4.78, 5) is 0. The predicted octanol–water partition coefficient (Wildman–Crippen LogP) is 2.23. The standard InChI is InChI=1S/C13H23NO2/c1-3-8-14-13(11-5-4-9-15-11)12-7-6-10(2)16-12/h5,10,12-14H,3-4,6-9H2,1-2H3. The summed E-state index contributed by atoms with van der Waals surface area (Å²) in [6.45, 7) is 6.20. The van der Waals surface area contributed by atoms with Crippen molar-refractivity contribution in [3.05, 3.63) is 11.8 Å². The van der Waals surface area contributed by atoms with Gasteiger partial charge in [0.2, 0.25) is 0 Å². The Morgan fingerprint density at radius 3 is 2.94 bits per heavy atom. The van der Waals surface area contributed by atoms with Crippen LogP contribution >= 0.6 is 0 Å². The Bertz CT molecular complexity index is 252. The Balaban J connectivity index is 1.96. The van der Waals surface area contributed by atoms with Crippen molar-refractivity contribution in [1.82, 2.24) is 5.32 Å². The summed E-state index contributed by atoms with van der Waals surface area (Å²) in [5, 5.41) is 3.56. The topological polar surface area (TPSA) is 30.5 Å². The first-order valence-corrected chi connectivity index (χ1v) is 6.53. The zero-order valence-electron chi connectivity index (χ0n) is 10.4. The molecular weight excluding hydrogens is 202 g/mol. The Morgan fingerprint density at radius 2 is 2.38 bits per heavy atom. The number of nitrogens with one attached hydrogen (secondary N) is 1. The van der Waals surface area contributed by atoms with Gasteiger partial charge in [-0.25, -0.2) is 0 Å². The zero-order valence-corrected chi connectivity index (χ0v) is 10.4. The summed E-state index contributed by atoms with van der Waals surface area (Å²) in [5.74, 6) is 1.10. The van der Waals surface area contributed by atoms with Crippen molar-refractivity contribution in [3.8, 4) is 0 Å². The molecule has 1 saturated heterocycles. The molecule has 0 spiro atoms. The molecular formula is C13H23NO2. The third-order valence-corrected chi connectivity index (χ3v) is 3.29. The van der Waals surface area contributed by atoms with Gasteiger partial charge in [0.25, 0.3) is 0 Å². The van der Waals surface area contributed by atoms with Gasteiger partial charge in [0.15, 0.2) is 0 Å². The molecule has 0 aromatic heterocycles. The van der Waals surface area contributed by atoms with E-state index in [1.807, 2.05) is 0 Å². The number of hydrogen-bond acceptors (Lipinski definition) is 3. The van der Waals surface area contributed by atoms with Crippen molar-refractivity contribution in [2.24, 2.45) is 0 Å². The van der Waals surface area contributed by atoms with Gasteiger partial charge in [-0.1, -0.05) is 6.92 Å². The molecule has 3 atom stereocenters. The van der Waals surface area contributed by atoms with Crippen molar-refractivity contribution >= 4 is 0 Å². The molecule has 0 aliphatic carbocycles. The van der Waals surface area contributed by atoms with Gasteiger partial charge in [-0.15, -0.1) is 0 Å². The second-order valence-corrected chi connectivity index (χ2v) is 4.74. The summed E-state index contributed by atoms with van der Waals surface area (Å²) in [5.41, 5.74) is 0. The SMILES string of the molecule is CCCNC(C1=CCCO1)C1CCC(C)O1. The number of hydrogen-bond donors (Lipinski definition) is 1. The second-order valence-electron chi connectivity index (χ2n) is 4.74. The van der Waals surface area contributed by atoms with Crippen LogP contribution in [-0.2, 0) is 9.47 Å². The van der Waals surface area contributed by atoms with E-state index < -0.39 is 0 Å². The van der Waals surface area contributed by atoms with E-state index in [0.717, 1.165) is 38.2 Å². The molecule has 92 valence electrons. The molecule has 1 N–H and O–H groups in total. The monoisotopic (exact) mass is 225 g/mol. The normalized spacial score (nSPS) is 31.2. The van der Waals surface area contributed by atoms with Crippen LogP contribution in [0.3, 0.4) is 0 Å². The van der Waals surface area contributed by atoms with Gasteiger partial charge in [-0.05, 0) is 38.8 Å². The first-order chi connectivity index (χ1) is 7.81. The molecule has 0 saturated carbocycles. The molecule has 0 radical (unpaired) electrons. The minimum atomic E-state index is 0.271. The molecule has 0 aromatic rings. The maximum absolute atomic E-state index is 5.95. The van der Waals surface area contributed by atoms with E-state index in [9.17, 15) is 0 Å². The molecule has 0 aromatic carbocycles. The molecule has 16 heavy (non-hydrogen) atoms. The fourth-order valence-electron chi connectivity index (χ4n) is 2.45. The van der Waals surface area contributed by atoms with E-state index in [4.69, 9.17) is 9.47 Å². The Labute approximate surface area is 98.2 Å². The first-order valence-electron chi connectivity index (χ1n) is 6.53. The van der Waals surface area contributed by atoms with Gasteiger partial charge in [-0.2, -0.15) is 0 Å². The largest absolute Gasteiger partial charge is 0.496 e. The average Bonchev–Trinajstić information content (AvgIpc) is 2.91. The highest BCUT2D eigenvalue weighted by molar-refractivity contribution is 5.10. The van der Waals surface area contributed by atoms with E-state index in [2.05, 4.69) is 25.2 Å². The van der Waals surface area contributed by atoms with Crippen LogP contribution in [0.2, 0.25) is 0 Å². The number of ether oxygens (including phenoxy) is 2. The van der Waals surface area contributed by atoms with Gasteiger partial charge in [0.05, 0.1) is 24.9 Å². The summed E-state index contributed by atoms with van der Waals surface area (Å²) in [6, 6.07) is 0.271. The van der Waals surface area contributed by atoms with Crippen LogP contribution in [0.1, 0.15) is 39.5 Å². The van der Waals surface area contributed by atoms with Crippen molar-refractivity contribution in [3.63, 3.8) is 0 Å². The third-order valence-electron chi connectivity index (χ3n) is 3.29. The lowest BCUT2D eigenvalue weighted by Gasteiger charge is -2.25. The lowest BCUT2D eigenvalue weighted by atomic mass is 10.1. The third kappa shape index (κ3) is 2.77. The van der Waals surface area contributed by atoms with Crippen LogP contribution in [0, 0.1) is 0 Å². The van der Waals surface area contributed by atoms with Crippen LogP contribution in [-0.4, -0.2) is 31.4 Å². The molecule has 1 fully saturated rings. The van der Waals surface area contributed by atoms with Crippen molar-refractivity contribution in [2.75, 3.05) is 13.2 Å². The lowest BCUT2D eigenvalue weighted by molar-refractivity contribution is 0.0270. The Kier molecular flexibility index (Phi) is 4.24. The smallest absolute Gasteiger partial charge is 0.112 e. The predicted molar refractivity (Wildman–Crippen MR) is 64.3 cm³/mol. The van der Waals surface area contributed by atoms with Crippen LogP contribution in [0.15, 0.2) is 11.8 Å². The van der Waals surface area contributed by atoms with E-state index >= 15 is 0 Å². The van der Waals surface area contributed by atoms with Gasteiger partial charge in [-0.3, -0.25) is 0 Å². The summed E-state index contributed by atoms with van der Waals surface area (Å²) < 4.78 is 11.6. The Hall–Kier alpha value is -0.540. The minimum absolute atomic E-state index is 0.271. The minimum Gasteiger partial charge on any atom is -0.496 e. The van der Waals surface area contributed by atoms with Crippen LogP contribution < -0.4 is 5.32 Å². The first kappa shape index (κ1) is 11.9. The number of rotatable bonds is 5. The average molecular weight is 225 g/mol. The quantitative estimate of drug-likeness (QED) is 0.778. The molecule has 3 heteroatoms. The van der Waals surface area contributed by atoms with Crippen molar-refractivity contribution in [1.29, 1.82) is 0 Å². The van der Waals surface area contributed by atoms with Gasteiger partial charge < -0.3 is 14.8 Å². The van der Waals surface area contributed by atoms with E-state index in [1.54, 1.807) is 0 Å². The van der Waals surface area contributed by atoms with Crippen LogP contribution in [0.4, 0.5) is 0 Å². The van der Waals surface area contributed by atoms with Crippen molar-refractivity contribution < 1.29 is 9.47 Å². The molecule has 2 heterocycles. The van der Waals surface area contributed by atoms with E-state index in [1.165, 1.54) is 6.42 Å². The van der Waals surface area contributed by atoms with Gasteiger partial charge >= 0.3 is 0 Å². The molecule has 2 aliphatic rings. The Morgan fingerprint density at radius 1 is 1.50 bits per heavy atom. The summed E-state index contributed by atoms with van der Waals surface area (Å²) >= 11 is 0. The highest BCUT2D eigenvalue weighted by Crippen LogP contribution is 2.27. The van der Waals surface area contributed by atoms with Gasteiger partial charge in [0, 0.05) is 6.42 Å². The highest BCUT2D eigenvalue weighted by atomic mass is 16.5. The summed E-state index contributed by atoms with van der Waals surface area (Å²) in [7, 11) is 0. The highest BCUT2D eigenvalue weighted by Gasteiger charge is 2.33. The molecule has 0 amide bonds. The fourth-order valence-corrected chi connectivity index (χ4v) is 2.45. The van der Waals surface area contributed by atoms with Crippen LogP contribution in [0.5, 0.6) is 0 Å². The van der Waals surface area contributed by atoms with E-state index in [0.29, 0.717) is 12.2 Å². The van der Waals surface area contributed by atoms with E-state index in [-0.39, 0.29) is 6.04 Å². The maximum atomic E-state index is 5.95. The molecule has 0 bridgehead atoms. The second kappa shape index (κ2) is 5.69. The zero-order chi connectivity index (χ0) is 11.4. The summed E-state index contributed by atoms with van der Waals surface area (Å²) in [6.07, 6.45) is 7.41. The molecule has 2 aliphatic heterocycles.